The molecule has 0 saturated carbocycles. The molecule has 146 valence electrons. The van der Waals surface area contributed by atoms with E-state index in [0.29, 0.717) is 6.54 Å². The van der Waals surface area contributed by atoms with Crippen LogP contribution in [-0.4, -0.2) is 63.0 Å². The fraction of sp³-hybridized carbons (Fsp3) is 0.474. The molecule has 0 radical (unpaired) electrons. The van der Waals surface area contributed by atoms with Crippen LogP contribution in [-0.2, 0) is 11.3 Å². The van der Waals surface area contributed by atoms with Gasteiger partial charge in [-0.1, -0.05) is 18.2 Å². The fourth-order valence-corrected chi connectivity index (χ4v) is 2.10. The number of guanidine groups is 1. The molecule has 0 bridgehead atoms. The summed E-state index contributed by atoms with van der Waals surface area (Å²) in [5.74, 6) is 1.55. The van der Waals surface area contributed by atoms with E-state index in [4.69, 9.17) is 4.74 Å². The molecule has 0 aliphatic carbocycles. The summed E-state index contributed by atoms with van der Waals surface area (Å²) in [4.78, 5) is 20.1. The molecule has 0 fully saturated rings. The molecule has 0 unspecified atom stereocenters. The largest absolute Gasteiger partial charge is 0.497 e. The number of ether oxygens (including phenoxy) is 1. The molecule has 26 heavy (non-hydrogen) atoms. The Morgan fingerprint density at radius 1 is 1.27 bits per heavy atom. The Hall–Kier alpha value is -1.77. The third-order valence-corrected chi connectivity index (χ3v) is 3.73. The standard InChI is InChI=1S/C19H30N4O2.HI/c1-6-7-8-13-23(4)19(21-15-18(24)22(2)3)20-14-16-9-11-17(25-5)12-10-16;/h6,9-12H,1,7-8,13-15H2,2-5H3,(H,20,21);1H. The van der Waals surface area contributed by atoms with Gasteiger partial charge in [-0.3, -0.25) is 4.79 Å². The number of rotatable bonds is 9. The van der Waals surface area contributed by atoms with Crippen LogP contribution in [0.4, 0.5) is 0 Å². The van der Waals surface area contributed by atoms with Gasteiger partial charge in [0.25, 0.3) is 0 Å². The predicted molar refractivity (Wildman–Crippen MR) is 118 cm³/mol. The third-order valence-electron chi connectivity index (χ3n) is 3.73. The zero-order valence-corrected chi connectivity index (χ0v) is 18.5. The summed E-state index contributed by atoms with van der Waals surface area (Å²) in [6, 6.07) is 7.81. The average molecular weight is 474 g/mol. The number of nitrogens with one attached hydrogen (secondary N) is 1. The first-order chi connectivity index (χ1) is 12.0. The minimum Gasteiger partial charge on any atom is -0.497 e. The van der Waals surface area contributed by atoms with Crippen molar-refractivity contribution in [3.05, 3.63) is 42.5 Å². The third kappa shape index (κ3) is 9.07. The van der Waals surface area contributed by atoms with Crippen molar-refractivity contribution in [2.75, 3.05) is 41.3 Å². The second kappa shape index (κ2) is 13.4. The summed E-state index contributed by atoms with van der Waals surface area (Å²) in [5, 5.41) is 3.15. The molecule has 0 aliphatic rings. The lowest BCUT2D eigenvalue weighted by Crippen LogP contribution is -2.44. The summed E-state index contributed by atoms with van der Waals surface area (Å²) in [5.41, 5.74) is 1.08. The topological polar surface area (TPSA) is 57.2 Å². The lowest BCUT2D eigenvalue weighted by molar-refractivity contribution is -0.127. The van der Waals surface area contributed by atoms with Gasteiger partial charge in [0.1, 0.15) is 5.75 Å². The SMILES string of the molecule is C=CCCCN(C)C(=NCc1ccc(OC)cc1)NCC(=O)N(C)C.I. The van der Waals surface area contributed by atoms with E-state index < -0.39 is 0 Å². The van der Waals surface area contributed by atoms with Crippen molar-refractivity contribution in [1.29, 1.82) is 0 Å². The van der Waals surface area contributed by atoms with Gasteiger partial charge in [0.2, 0.25) is 5.91 Å². The second-order valence-electron chi connectivity index (χ2n) is 5.98. The number of aliphatic imine (C=N–C) groups is 1. The van der Waals surface area contributed by atoms with Gasteiger partial charge in [0.05, 0.1) is 20.2 Å². The first kappa shape index (κ1) is 24.2. The molecule has 0 aliphatic heterocycles. The van der Waals surface area contributed by atoms with Crippen LogP contribution in [0.1, 0.15) is 18.4 Å². The van der Waals surface area contributed by atoms with Crippen LogP contribution in [0.2, 0.25) is 0 Å². The van der Waals surface area contributed by atoms with E-state index in [1.165, 1.54) is 0 Å². The van der Waals surface area contributed by atoms with Crippen molar-refractivity contribution < 1.29 is 9.53 Å². The lowest BCUT2D eigenvalue weighted by Gasteiger charge is -2.23. The van der Waals surface area contributed by atoms with E-state index >= 15 is 0 Å². The Bertz CT molecular complexity index is 573. The Balaban J connectivity index is 0.00000625. The zero-order valence-electron chi connectivity index (χ0n) is 16.2. The van der Waals surface area contributed by atoms with E-state index in [1.54, 1.807) is 26.1 Å². The molecule has 1 amide bonds. The smallest absolute Gasteiger partial charge is 0.241 e. The van der Waals surface area contributed by atoms with Gasteiger partial charge < -0.3 is 19.9 Å². The van der Waals surface area contributed by atoms with Crippen LogP contribution in [0.3, 0.4) is 0 Å². The highest BCUT2D eigenvalue weighted by Gasteiger charge is 2.09. The van der Waals surface area contributed by atoms with Crippen molar-refractivity contribution in [3.8, 4) is 5.75 Å². The maximum absolute atomic E-state index is 11.8. The van der Waals surface area contributed by atoms with E-state index in [2.05, 4.69) is 16.9 Å². The Kier molecular flexibility index (Phi) is 12.5. The van der Waals surface area contributed by atoms with E-state index in [1.807, 2.05) is 42.3 Å². The van der Waals surface area contributed by atoms with E-state index in [-0.39, 0.29) is 36.4 Å². The average Bonchev–Trinajstić information content (AvgIpc) is 2.61. The molecule has 7 heteroatoms. The van der Waals surface area contributed by atoms with E-state index in [9.17, 15) is 4.79 Å². The number of carbonyl (C=O) groups excluding carboxylic acids is 1. The number of amides is 1. The molecule has 0 heterocycles. The van der Waals surface area contributed by atoms with Crippen LogP contribution < -0.4 is 10.1 Å². The summed E-state index contributed by atoms with van der Waals surface area (Å²) < 4.78 is 5.17. The highest BCUT2D eigenvalue weighted by atomic mass is 127. The van der Waals surface area contributed by atoms with Gasteiger partial charge in [0, 0.05) is 27.7 Å². The van der Waals surface area contributed by atoms with Gasteiger partial charge in [-0.2, -0.15) is 0 Å². The summed E-state index contributed by atoms with van der Waals surface area (Å²) >= 11 is 0. The Morgan fingerprint density at radius 3 is 2.46 bits per heavy atom. The van der Waals surface area contributed by atoms with Crippen LogP contribution in [0.5, 0.6) is 5.75 Å². The Labute approximate surface area is 174 Å². The lowest BCUT2D eigenvalue weighted by atomic mass is 10.2. The number of hydrogen-bond donors (Lipinski definition) is 1. The van der Waals surface area contributed by atoms with Crippen LogP contribution in [0.25, 0.3) is 0 Å². The van der Waals surface area contributed by atoms with Gasteiger partial charge in [-0.05, 0) is 30.5 Å². The summed E-state index contributed by atoms with van der Waals surface area (Å²) in [6.45, 7) is 5.35. The second-order valence-corrected chi connectivity index (χ2v) is 5.98. The van der Waals surface area contributed by atoms with Crippen molar-refractivity contribution in [1.82, 2.24) is 15.1 Å². The molecular weight excluding hydrogens is 443 g/mol. The zero-order chi connectivity index (χ0) is 18.7. The molecule has 6 nitrogen and oxygen atoms in total. The van der Waals surface area contributed by atoms with Crippen LogP contribution >= 0.6 is 24.0 Å². The maximum Gasteiger partial charge on any atom is 0.241 e. The fourth-order valence-electron chi connectivity index (χ4n) is 2.10. The number of nitrogens with zero attached hydrogens (tertiary/aromatic N) is 3. The first-order valence-electron chi connectivity index (χ1n) is 8.41. The molecule has 1 aromatic rings. The quantitative estimate of drug-likeness (QED) is 0.197. The number of methoxy groups -OCH3 is 1. The summed E-state index contributed by atoms with van der Waals surface area (Å²) in [6.07, 6.45) is 3.85. The van der Waals surface area contributed by atoms with Gasteiger partial charge in [0.15, 0.2) is 5.96 Å². The molecule has 0 atom stereocenters. The predicted octanol–water partition coefficient (Wildman–Crippen LogP) is 2.75. The normalized spacial score (nSPS) is 10.5. The molecule has 1 N–H and O–H groups in total. The number of allylic oxidation sites excluding steroid dienone is 1. The Morgan fingerprint density at radius 2 is 1.92 bits per heavy atom. The van der Waals surface area contributed by atoms with Crippen LogP contribution in [0, 0.1) is 0 Å². The van der Waals surface area contributed by atoms with Crippen molar-refractivity contribution >= 4 is 35.8 Å². The number of halogens is 1. The van der Waals surface area contributed by atoms with Crippen molar-refractivity contribution in [2.24, 2.45) is 4.99 Å². The summed E-state index contributed by atoms with van der Waals surface area (Å²) in [7, 11) is 7.11. The molecule has 0 aromatic heterocycles. The molecule has 1 rings (SSSR count). The van der Waals surface area contributed by atoms with Crippen LogP contribution in [0.15, 0.2) is 41.9 Å². The van der Waals surface area contributed by atoms with E-state index in [0.717, 1.165) is 36.7 Å². The number of likely N-dealkylation sites (N-methyl/N-ethyl adjacent to an activating group) is 1. The minimum atomic E-state index is 0. The maximum atomic E-state index is 11.8. The van der Waals surface area contributed by atoms with Gasteiger partial charge in [-0.15, -0.1) is 30.6 Å². The minimum absolute atomic E-state index is 0. The molecule has 0 saturated heterocycles. The molecule has 0 spiro atoms. The number of carbonyl (C=O) groups is 1. The molecule has 1 aromatic carbocycles. The van der Waals surface area contributed by atoms with Gasteiger partial charge >= 0.3 is 0 Å². The number of unbranched alkanes of at least 4 members (excludes halogenated alkanes) is 1. The highest BCUT2D eigenvalue weighted by molar-refractivity contribution is 14.0. The highest BCUT2D eigenvalue weighted by Crippen LogP contribution is 2.12. The monoisotopic (exact) mass is 474 g/mol. The molecular formula is C19H31IN4O2. The van der Waals surface area contributed by atoms with Crippen molar-refractivity contribution in [2.45, 2.75) is 19.4 Å². The van der Waals surface area contributed by atoms with Crippen molar-refractivity contribution in [3.63, 3.8) is 0 Å². The number of benzene rings is 1. The first-order valence-corrected chi connectivity index (χ1v) is 8.41. The van der Waals surface area contributed by atoms with Gasteiger partial charge in [-0.25, -0.2) is 4.99 Å². The number of hydrogen-bond acceptors (Lipinski definition) is 3.